The van der Waals surface area contributed by atoms with E-state index in [1.54, 1.807) is 27.4 Å². The first-order chi connectivity index (χ1) is 17.5. The van der Waals surface area contributed by atoms with Crippen molar-refractivity contribution in [3.05, 3.63) is 53.9 Å². The first kappa shape index (κ1) is 23.7. The zero-order valence-electron chi connectivity index (χ0n) is 20.4. The number of fused-ring (bicyclic) bond motifs is 1. The van der Waals surface area contributed by atoms with Gasteiger partial charge in [0, 0.05) is 23.6 Å². The molecule has 0 bridgehead atoms. The molecule has 5 rings (SSSR count). The Bertz CT molecular complexity index is 1240. The van der Waals surface area contributed by atoms with Crippen LogP contribution < -0.4 is 19.5 Å². The Labute approximate surface area is 208 Å². The molecule has 10 nitrogen and oxygen atoms in total. The summed E-state index contributed by atoms with van der Waals surface area (Å²) in [6, 6.07) is 12.1. The predicted octanol–water partition coefficient (Wildman–Crippen LogP) is 3.77. The lowest BCUT2D eigenvalue weighted by molar-refractivity contribution is -0.137. The molecule has 2 heterocycles. The van der Waals surface area contributed by atoms with Crippen molar-refractivity contribution in [2.24, 2.45) is 5.92 Å². The van der Waals surface area contributed by atoms with Crippen LogP contribution in [0, 0.1) is 5.92 Å². The Morgan fingerprint density at radius 1 is 0.972 bits per heavy atom. The number of carbonyl (C=O) groups is 2. The zero-order chi connectivity index (χ0) is 25.2. The van der Waals surface area contributed by atoms with Crippen LogP contribution >= 0.6 is 0 Å². The van der Waals surface area contributed by atoms with Crippen molar-refractivity contribution in [3.63, 3.8) is 0 Å². The summed E-state index contributed by atoms with van der Waals surface area (Å²) in [4.78, 5) is 32.0. The average molecular weight is 493 g/mol. The first-order valence-electron chi connectivity index (χ1n) is 11.8. The van der Waals surface area contributed by atoms with E-state index in [1.807, 2.05) is 36.4 Å². The molecule has 0 spiro atoms. The van der Waals surface area contributed by atoms with Crippen molar-refractivity contribution in [2.45, 2.75) is 37.8 Å². The minimum absolute atomic E-state index is 0.0544. The largest absolute Gasteiger partial charge is 0.497 e. The van der Waals surface area contributed by atoms with Crippen molar-refractivity contribution in [1.82, 2.24) is 20.4 Å². The van der Waals surface area contributed by atoms with Crippen LogP contribution in [0.15, 0.2) is 47.0 Å². The Kier molecular flexibility index (Phi) is 6.49. The molecule has 1 saturated carbocycles. The molecule has 1 saturated heterocycles. The second-order valence-corrected chi connectivity index (χ2v) is 9.00. The molecule has 1 aromatic heterocycles. The van der Waals surface area contributed by atoms with Gasteiger partial charge < -0.3 is 24.1 Å². The maximum Gasteiger partial charge on any atom is 0.324 e. The topological polar surface area (TPSA) is 116 Å². The number of nitrogens with zero attached hydrogens (tertiary/aromatic N) is 3. The van der Waals surface area contributed by atoms with Crippen LogP contribution in [0.1, 0.15) is 36.6 Å². The highest BCUT2D eigenvalue weighted by atomic mass is 16.5. The van der Waals surface area contributed by atoms with Gasteiger partial charge in [0.1, 0.15) is 17.2 Å². The number of urea groups is 1. The van der Waals surface area contributed by atoms with Gasteiger partial charge in [-0.05, 0) is 49.1 Å². The summed E-state index contributed by atoms with van der Waals surface area (Å²) in [6.07, 6.45) is 1.89. The SMILES string of the molecule is COc1ccc(CN2C(=O)NC3CC(c4nc(-c5cc(OC)cc(OC)c5)no4)CCC3C2=O)cc1. The van der Waals surface area contributed by atoms with E-state index in [9.17, 15) is 9.59 Å². The van der Waals surface area contributed by atoms with E-state index in [2.05, 4.69) is 15.5 Å². The molecular weight excluding hydrogens is 464 g/mol. The third-order valence-corrected chi connectivity index (χ3v) is 6.89. The number of hydrogen-bond donors (Lipinski definition) is 1. The number of carbonyl (C=O) groups excluding carboxylic acids is 2. The van der Waals surface area contributed by atoms with Gasteiger partial charge in [0.05, 0.1) is 33.8 Å². The number of ether oxygens (including phenoxy) is 3. The van der Waals surface area contributed by atoms with E-state index in [0.29, 0.717) is 48.0 Å². The molecule has 0 radical (unpaired) electrons. The van der Waals surface area contributed by atoms with Gasteiger partial charge in [-0.1, -0.05) is 17.3 Å². The molecule has 1 N–H and O–H groups in total. The summed E-state index contributed by atoms with van der Waals surface area (Å²) < 4.78 is 21.4. The molecule has 188 valence electrons. The number of benzene rings is 2. The van der Waals surface area contributed by atoms with Crippen LogP contribution in [0.2, 0.25) is 0 Å². The molecule has 3 unspecified atom stereocenters. The molecule has 10 heteroatoms. The third-order valence-electron chi connectivity index (χ3n) is 6.89. The number of rotatable bonds is 7. The molecule has 3 amide bonds. The number of methoxy groups -OCH3 is 3. The highest BCUT2D eigenvalue weighted by Crippen LogP contribution is 2.39. The number of nitrogens with one attached hydrogen (secondary N) is 1. The Hall–Kier alpha value is -4.08. The van der Waals surface area contributed by atoms with Crippen molar-refractivity contribution >= 4 is 11.9 Å². The van der Waals surface area contributed by atoms with Gasteiger partial charge in [-0.15, -0.1) is 0 Å². The average Bonchev–Trinajstić information content (AvgIpc) is 3.41. The lowest BCUT2D eigenvalue weighted by Gasteiger charge is -2.41. The minimum Gasteiger partial charge on any atom is -0.497 e. The van der Waals surface area contributed by atoms with E-state index in [1.165, 1.54) is 4.90 Å². The fraction of sp³-hybridized carbons (Fsp3) is 0.385. The Balaban J connectivity index is 1.27. The molecule has 1 aliphatic heterocycles. The molecule has 3 aromatic rings. The summed E-state index contributed by atoms with van der Waals surface area (Å²) in [5.41, 5.74) is 1.57. The monoisotopic (exact) mass is 492 g/mol. The lowest BCUT2D eigenvalue weighted by Crippen LogP contribution is -2.60. The zero-order valence-corrected chi connectivity index (χ0v) is 20.4. The summed E-state index contributed by atoms with van der Waals surface area (Å²) in [7, 11) is 4.76. The summed E-state index contributed by atoms with van der Waals surface area (Å²) in [5.74, 6) is 2.42. The van der Waals surface area contributed by atoms with E-state index in [0.717, 1.165) is 11.3 Å². The van der Waals surface area contributed by atoms with Gasteiger partial charge >= 0.3 is 6.03 Å². The van der Waals surface area contributed by atoms with Gasteiger partial charge in [-0.25, -0.2) is 4.79 Å². The molecule has 1 aliphatic carbocycles. The number of hydrogen-bond acceptors (Lipinski definition) is 8. The summed E-state index contributed by atoms with van der Waals surface area (Å²) in [6.45, 7) is 0.221. The third kappa shape index (κ3) is 4.58. The second-order valence-electron chi connectivity index (χ2n) is 9.00. The van der Waals surface area contributed by atoms with E-state index in [-0.39, 0.29) is 36.4 Å². The number of imide groups is 1. The van der Waals surface area contributed by atoms with Gasteiger partial charge in [0.15, 0.2) is 0 Å². The van der Waals surface area contributed by atoms with Gasteiger partial charge in [-0.3, -0.25) is 9.69 Å². The van der Waals surface area contributed by atoms with Crippen LogP contribution in [-0.2, 0) is 11.3 Å². The van der Waals surface area contributed by atoms with E-state index in [4.69, 9.17) is 18.7 Å². The lowest BCUT2D eigenvalue weighted by atomic mass is 9.76. The van der Waals surface area contributed by atoms with E-state index < -0.39 is 0 Å². The number of aromatic nitrogens is 2. The predicted molar refractivity (Wildman–Crippen MR) is 129 cm³/mol. The van der Waals surface area contributed by atoms with Gasteiger partial charge in [-0.2, -0.15) is 4.98 Å². The fourth-order valence-corrected chi connectivity index (χ4v) is 4.90. The smallest absolute Gasteiger partial charge is 0.324 e. The molecule has 3 atom stereocenters. The molecule has 2 fully saturated rings. The fourth-order valence-electron chi connectivity index (χ4n) is 4.90. The molecular formula is C26H28N4O6. The normalized spacial score (nSPS) is 21.5. The van der Waals surface area contributed by atoms with Crippen LogP contribution in [0.4, 0.5) is 4.79 Å². The summed E-state index contributed by atoms with van der Waals surface area (Å²) >= 11 is 0. The van der Waals surface area contributed by atoms with Crippen LogP contribution in [0.3, 0.4) is 0 Å². The van der Waals surface area contributed by atoms with Crippen LogP contribution in [0.5, 0.6) is 17.2 Å². The summed E-state index contributed by atoms with van der Waals surface area (Å²) in [5, 5.41) is 7.18. The van der Waals surface area contributed by atoms with Gasteiger partial charge in [0.25, 0.3) is 0 Å². The standard InChI is InChI=1S/C26H28N4O6/c1-33-18-7-4-15(5-8-18)14-30-25(31)21-9-6-16(12-22(21)27-26(30)32)24-28-23(29-36-24)17-10-19(34-2)13-20(11-17)35-3/h4-5,7-8,10-11,13,16,21-22H,6,9,12,14H2,1-3H3,(H,27,32). The maximum atomic E-state index is 13.2. The van der Waals surface area contributed by atoms with Crippen molar-refractivity contribution in [2.75, 3.05) is 21.3 Å². The second kappa shape index (κ2) is 9.88. The Morgan fingerprint density at radius 3 is 2.33 bits per heavy atom. The van der Waals surface area contributed by atoms with Crippen molar-refractivity contribution < 1.29 is 28.3 Å². The first-order valence-corrected chi connectivity index (χ1v) is 11.8. The molecule has 2 aliphatic rings. The Morgan fingerprint density at radius 2 is 1.67 bits per heavy atom. The molecule has 36 heavy (non-hydrogen) atoms. The highest BCUT2D eigenvalue weighted by Gasteiger charge is 2.45. The van der Waals surface area contributed by atoms with Crippen molar-refractivity contribution in [3.8, 4) is 28.6 Å². The number of amides is 3. The van der Waals surface area contributed by atoms with Crippen LogP contribution in [0.25, 0.3) is 11.4 Å². The highest BCUT2D eigenvalue weighted by molar-refractivity contribution is 5.98. The van der Waals surface area contributed by atoms with Crippen LogP contribution in [-0.4, -0.2) is 54.4 Å². The van der Waals surface area contributed by atoms with E-state index >= 15 is 0 Å². The van der Waals surface area contributed by atoms with Gasteiger partial charge in [0.2, 0.25) is 17.6 Å². The van der Waals surface area contributed by atoms with Crippen molar-refractivity contribution in [1.29, 1.82) is 0 Å². The maximum absolute atomic E-state index is 13.2. The quantitative estimate of drug-likeness (QED) is 0.530. The minimum atomic E-state index is -0.382. The molecule has 2 aromatic carbocycles.